The standard InChI is InChI=1S/C20H19Cl2O4P/c1-25-14-4-3-5-16(12-14)27(24,15-6-7-15)9-8-13-10-17(21)19(18(22)11-13)20(23)26-2/h3-5,8-12,15H,6-7H2,1-2H3/b9-8+. The number of esters is 1. The van der Waals surface area contributed by atoms with E-state index in [0.29, 0.717) is 11.3 Å². The predicted molar refractivity (Wildman–Crippen MR) is 110 cm³/mol. The summed E-state index contributed by atoms with van der Waals surface area (Å²) in [6.07, 6.45) is 3.61. The molecule has 1 saturated carbocycles. The van der Waals surface area contributed by atoms with E-state index in [1.165, 1.54) is 7.11 Å². The van der Waals surface area contributed by atoms with Crippen LogP contribution in [-0.4, -0.2) is 25.8 Å². The summed E-state index contributed by atoms with van der Waals surface area (Å²) >= 11 is 12.4. The van der Waals surface area contributed by atoms with Gasteiger partial charge in [-0.05, 0) is 48.5 Å². The number of ether oxygens (including phenoxy) is 2. The first-order valence-corrected chi connectivity index (χ1v) is 11.0. The van der Waals surface area contributed by atoms with Crippen LogP contribution in [-0.2, 0) is 9.30 Å². The van der Waals surface area contributed by atoms with E-state index < -0.39 is 13.1 Å². The summed E-state index contributed by atoms with van der Waals surface area (Å²) in [6, 6.07) is 10.6. The van der Waals surface area contributed by atoms with Crippen molar-refractivity contribution in [2.24, 2.45) is 0 Å². The summed E-state index contributed by atoms with van der Waals surface area (Å²) in [5, 5.41) is 1.15. The van der Waals surface area contributed by atoms with Crippen molar-refractivity contribution in [1.82, 2.24) is 0 Å². The van der Waals surface area contributed by atoms with Crippen molar-refractivity contribution in [3.05, 3.63) is 63.4 Å². The molecule has 4 nitrogen and oxygen atoms in total. The highest BCUT2D eigenvalue weighted by Crippen LogP contribution is 2.61. The molecule has 142 valence electrons. The molecule has 0 amide bonds. The Morgan fingerprint density at radius 1 is 1.15 bits per heavy atom. The Bertz CT molecular complexity index is 928. The zero-order valence-corrected chi connectivity index (χ0v) is 17.4. The minimum atomic E-state index is -2.74. The number of halogens is 2. The normalized spacial score (nSPS) is 16.1. The lowest BCUT2D eigenvalue weighted by Gasteiger charge is -2.15. The van der Waals surface area contributed by atoms with Gasteiger partial charge in [-0.2, -0.15) is 0 Å². The van der Waals surface area contributed by atoms with Gasteiger partial charge >= 0.3 is 5.97 Å². The van der Waals surface area contributed by atoms with E-state index in [-0.39, 0.29) is 21.3 Å². The predicted octanol–water partition coefficient (Wildman–Crippen LogP) is 5.61. The van der Waals surface area contributed by atoms with Crippen molar-refractivity contribution in [2.45, 2.75) is 18.5 Å². The van der Waals surface area contributed by atoms with E-state index >= 15 is 0 Å². The molecule has 1 atom stereocenters. The van der Waals surface area contributed by atoms with Crippen LogP contribution in [0.1, 0.15) is 28.8 Å². The largest absolute Gasteiger partial charge is 0.497 e. The van der Waals surface area contributed by atoms with Gasteiger partial charge in [0.1, 0.15) is 12.9 Å². The fraction of sp³-hybridized carbons (Fsp3) is 0.250. The molecule has 0 aromatic heterocycles. The van der Waals surface area contributed by atoms with E-state index in [4.69, 9.17) is 27.9 Å². The first-order chi connectivity index (χ1) is 12.9. The van der Waals surface area contributed by atoms with Crippen LogP contribution in [0.4, 0.5) is 0 Å². The van der Waals surface area contributed by atoms with Gasteiger partial charge in [0.05, 0.1) is 29.8 Å². The zero-order valence-electron chi connectivity index (χ0n) is 14.9. The Hall–Kier alpha value is -1.74. The van der Waals surface area contributed by atoms with Gasteiger partial charge < -0.3 is 14.0 Å². The molecule has 7 heteroatoms. The van der Waals surface area contributed by atoms with Crippen LogP contribution in [0.5, 0.6) is 5.75 Å². The quantitative estimate of drug-likeness (QED) is 0.446. The number of methoxy groups -OCH3 is 2. The molecular formula is C20H19Cl2O4P. The first kappa shape index (κ1) is 20.0. The molecule has 2 aromatic rings. The second kappa shape index (κ2) is 8.10. The fourth-order valence-corrected chi connectivity index (χ4v) is 6.34. The van der Waals surface area contributed by atoms with Crippen LogP contribution in [0.15, 0.2) is 42.2 Å². The third kappa shape index (κ3) is 4.24. The van der Waals surface area contributed by atoms with E-state index in [0.717, 1.165) is 18.1 Å². The van der Waals surface area contributed by atoms with Gasteiger partial charge in [-0.1, -0.05) is 41.4 Å². The maximum atomic E-state index is 13.7. The van der Waals surface area contributed by atoms with E-state index in [9.17, 15) is 9.36 Å². The average molecular weight is 425 g/mol. The fourth-order valence-electron chi connectivity index (χ4n) is 2.89. The monoisotopic (exact) mass is 424 g/mol. The molecule has 1 unspecified atom stereocenters. The first-order valence-electron chi connectivity index (χ1n) is 8.39. The zero-order chi connectivity index (χ0) is 19.6. The molecule has 1 fully saturated rings. The number of rotatable bonds is 6. The molecule has 0 saturated heterocycles. The molecule has 2 aromatic carbocycles. The SMILES string of the molecule is COC(=O)c1c(Cl)cc(/C=C/P(=O)(c2cccc(OC)c2)C2CC2)cc1Cl. The summed E-state index contributed by atoms with van der Waals surface area (Å²) in [5.41, 5.74) is 0.929. The highest BCUT2D eigenvalue weighted by molar-refractivity contribution is 7.75. The Labute approximate surface area is 168 Å². The van der Waals surface area contributed by atoms with Crippen molar-refractivity contribution in [2.75, 3.05) is 14.2 Å². The molecule has 3 rings (SSSR count). The lowest BCUT2D eigenvalue weighted by molar-refractivity contribution is 0.0601. The summed E-state index contributed by atoms with van der Waals surface area (Å²) in [7, 11) is 0.110. The minimum absolute atomic E-state index is 0.121. The summed E-state index contributed by atoms with van der Waals surface area (Å²) in [5.74, 6) is 1.83. The Balaban J connectivity index is 1.97. The summed E-state index contributed by atoms with van der Waals surface area (Å²) < 4.78 is 23.7. The smallest absolute Gasteiger partial charge is 0.340 e. The van der Waals surface area contributed by atoms with Crippen LogP contribution in [0.25, 0.3) is 6.08 Å². The van der Waals surface area contributed by atoms with Crippen LogP contribution < -0.4 is 10.0 Å². The molecule has 1 aliphatic carbocycles. The van der Waals surface area contributed by atoms with Crippen LogP contribution >= 0.6 is 30.3 Å². The average Bonchev–Trinajstić information content (AvgIpc) is 3.51. The third-order valence-corrected chi connectivity index (χ3v) is 8.36. The molecule has 0 N–H and O–H groups in total. The van der Waals surface area contributed by atoms with Crippen LogP contribution in [0, 0.1) is 0 Å². The molecule has 0 aliphatic heterocycles. The summed E-state index contributed by atoms with van der Waals surface area (Å²) in [4.78, 5) is 11.8. The second-order valence-electron chi connectivity index (χ2n) is 6.31. The van der Waals surface area contributed by atoms with E-state index in [2.05, 4.69) is 4.74 Å². The lowest BCUT2D eigenvalue weighted by Crippen LogP contribution is -2.07. The number of carbonyl (C=O) groups is 1. The lowest BCUT2D eigenvalue weighted by atomic mass is 10.1. The van der Waals surface area contributed by atoms with Crippen molar-refractivity contribution >= 4 is 47.7 Å². The number of hydrogen-bond donors (Lipinski definition) is 0. The highest BCUT2D eigenvalue weighted by atomic mass is 35.5. The number of hydrogen-bond acceptors (Lipinski definition) is 4. The van der Waals surface area contributed by atoms with Crippen molar-refractivity contribution in [3.63, 3.8) is 0 Å². The molecule has 0 spiro atoms. The molecule has 0 bridgehead atoms. The van der Waals surface area contributed by atoms with Gasteiger partial charge in [0.2, 0.25) is 0 Å². The molecule has 27 heavy (non-hydrogen) atoms. The van der Waals surface area contributed by atoms with Gasteiger partial charge in [0, 0.05) is 11.0 Å². The van der Waals surface area contributed by atoms with Crippen molar-refractivity contribution in [3.8, 4) is 5.75 Å². The van der Waals surface area contributed by atoms with E-state index in [1.807, 2.05) is 24.3 Å². The Morgan fingerprint density at radius 2 is 1.81 bits per heavy atom. The second-order valence-corrected chi connectivity index (χ2v) is 10.1. The molecule has 0 heterocycles. The molecular weight excluding hydrogens is 406 g/mol. The van der Waals surface area contributed by atoms with Gasteiger partial charge in [-0.25, -0.2) is 4.79 Å². The molecule has 1 aliphatic rings. The minimum Gasteiger partial charge on any atom is -0.497 e. The van der Waals surface area contributed by atoms with Gasteiger partial charge in [-0.15, -0.1) is 0 Å². The van der Waals surface area contributed by atoms with Gasteiger partial charge in [0.25, 0.3) is 0 Å². The Morgan fingerprint density at radius 3 is 2.37 bits per heavy atom. The third-order valence-electron chi connectivity index (χ3n) is 4.49. The topological polar surface area (TPSA) is 52.6 Å². The van der Waals surface area contributed by atoms with Crippen molar-refractivity contribution in [1.29, 1.82) is 0 Å². The van der Waals surface area contributed by atoms with E-state index in [1.54, 1.807) is 31.1 Å². The van der Waals surface area contributed by atoms with Gasteiger partial charge in [0.15, 0.2) is 0 Å². The summed E-state index contributed by atoms with van der Waals surface area (Å²) in [6.45, 7) is 0. The number of carbonyl (C=O) groups excluding carboxylic acids is 1. The number of benzene rings is 2. The van der Waals surface area contributed by atoms with Gasteiger partial charge in [-0.3, -0.25) is 0 Å². The highest BCUT2D eigenvalue weighted by Gasteiger charge is 2.40. The van der Waals surface area contributed by atoms with Crippen LogP contribution in [0.3, 0.4) is 0 Å². The molecule has 0 radical (unpaired) electrons. The van der Waals surface area contributed by atoms with Crippen molar-refractivity contribution < 1.29 is 18.8 Å². The maximum Gasteiger partial charge on any atom is 0.340 e. The Kier molecular flexibility index (Phi) is 6.00. The maximum absolute atomic E-state index is 13.7. The van der Waals surface area contributed by atoms with Crippen LogP contribution in [0.2, 0.25) is 10.0 Å².